The summed E-state index contributed by atoms with van der Waals surface area (Å²) >= 11 is 0. The van der Waals surface area contributed by atoms with Crippen LogP contribution in [0.2, 0.25) is 0 Å². The first-order chi connectivity index (χ1) is 13.1. The van der Waals surface area contributed by atoms with Gasteiger partial charge in [0.25, 0.3) is 5.91 Å². The molecule has 3 aromatic rings. The summed E-state index contributed by atoms with van der Waals surface area (Å²) in [5.74, 6) is 0.537. The van der Waals surface area contributed by atoms with Crippen LogP contribution in [0.1, 0.15) is 47.8 Å². The summed E-state index contributed by atoms with van der Waals surface area (Å²) in [6.45, 7) is 5.03. The normalized spacial score (nSPS) is 14.1. The Labute approximate surface area is 157 Å². The maximum Gasteiger partial charge on any atom is 0.270 e. The highest BCUT2D eigenvalue weighted by Gasteiger charge is 2.20. The number of hydrogen-bond acceptors (Lipinski definition) is 5. The Kier molecular flexibility index (Phi) is 4.75. The molecule has 3 heterocycles. The molecule has 1 saturated carbocycles. The Hall–Kier alpha value is -2.96. The molecule has 0 unspecified atom stereocenters. The molecule has 3 aromatic heterocycles. The number of hydrogen-bond donors (Lipinski definition) is 1. The van der Waals surface area contributed by atoms with Gasteiger partial charge in [0.15, 0.2) is 0 Å². The SMILES string of the molecule is CCNC(=O)c1nccc2nn(Cc3cnc(OC4CCC4)c(C)c3)cc12. The fourth-order valence-corrected chi connectivity index (χ4v) is 3.16. The van der Waals surface area contributed by atoms with E-state index in [0.29, 0.717) is 24.9 Å². The highest BCUT2D eigenvalue weighted by Crippen LogP contribution is 2.26. The number of aromatic nitrogens is 4. The van der Waals surface area contributed by atoms with Crippen LogP contribution in [0.3, 0.4) is 0 Å². The summed E-state index contributed by atoms with van der Waals surface area (Å²) in [6.07, 6.45) is 9.09. The maximum atomic E-state index is 12.2. The summed E-state index contributed by atoms with van der Waals surface area (Å²) in [5.41, 5.74) is 3.22. The monoisotopic (exact) mass is 365 g/mol. The van der Waals surface area contributed by atoms with Gasteiger partial charge in [-0.25, -0.2) is 4.98 Å². The van der Waals surface area contributed by atoms with Gasteiger partial charge in [-0.2, -0.15) is 5.10 Å². The highest BCUT2D eigenvalue weighted by atomic mass is 16.5. The van der Waals surface area contributed by atoms with Crippen LogP contribution in [0.15, 0.2) is 30.7 Å². The number of pyridine rings is 2. The summed E-state index contributed by atoms with van der Waals surface area (Å²) in [6, 6.07) is 3.89. The minimum Gasteiger partial charge on any atom is -0.474 e. The summed E-state index contributed by atoms with van der Waals surface area (Å²) < 4.78 is 7.73. The predicted molar refractivity (Wildman–Crippen MR) is 102 cm³/mol. The molecule has 0 bridgehead atoms. The smallest absolute Gasteiger partial charge is 0.270 e. The number of nitrogens with one attached hydrogen (secondary N) is 1. The Morgan fingerprint density at radius 1 is 1.37 bits per heavy atom. The van der Waals surface area contributed by atoms with Gasteiger partial charge in [-0.15, -0.1) is 0 Å². The van der Waals surface area contributed by atoms with Gasteiger partial charge >= 0.3 is 0 Å². The number of fused-ring (bicyclic) bond motifs is 1. The lowest BCUT2D eigenvalue weighted by Gasteiger charge is -2.26. The molecule has 1 aliphatic carbocycles. The molecule has 1 aliphatic rings. The molecule has 140 valence electrons. The average Bonchev–Trinajstić information content (AvgIpc) is 3.02. The van der Waals surface area contributed by atoms with E-state index in [1.807, 2.05) is 37.0 Å². The molecular formula is C20H23N5O2. The van der Waals surface area contributed by atoms with E-state index < -0.39 is 0 Å². The fourth-order valence-electron chi connectivity index (χ4n) is 3.16. The largest absolute Gasteiger partial charge is 0.474 e. The quantitative estimate of drug-likeness (QED) is 0.726. The van der Waals surface area contributed by atoms with Crippen LogP contribution in [0, 0.1) is 6.92 Å². The van der Waals surface area contributed by atoms with Crippen molar-refractivity contribution in [1.29, 1.82) is 0 Å². The standard InChI is InChI=1S/C20H23N5O2/c1-3-21-19(26)18-16-12-25(24-17(16)7-8-22-18)11-14-9-13(2)20(23-10-14)27-15-5-4-6-15/h7-10,12,15H,3-6,11H2,1-2H3,(H,21,26). The minimum absolute atomic E-state index is 0.183. The summed E-state index contributed by atoms with van der Waals surface area (Å²) in [7, 11) is 0. The number of carbonyl (C=O) groups excluding carboxylic acids is 1. The number of nitrogens with zero attached hydrogens (tertiary/aromatic N) is 4. The molecule has 0 radical (unpaired) electrons. The fraction of sp³-hybridized carbons (Fsp3) is 0.400. The van der Waals surface area contributed by atoms with Gasteiger partial charge in [-0.1, -0.05) is 0 Å². The number of amides is 1. The van der Waals surface area contributed by atoms with Gasteiger partial charge < -0.3 is 10.1 Å². The lowest BCUT2D eigenvalue weighted by atomic mass is 9.96. The molecule has 7 heteroatoms. The minimum atomic E-state index is -0.183. The van der Waals surface area contributed by atoms with Gasteiger partial charge in [0.1, 0.15) is 11.8 Å². The molecule has 0 atom stereocenters. The van der Waals surface area contributed by atoms with Crippen LogP contribution in [-0.4, -0.2) is 38.3 Å². The third-order valence-electron chi connectivity index (χ3n) is 4.80. The van der Waals surface area contributed by atoms with Gasteiger partial charge in [-0.05, 0) is 50.8 Å². The van der Waals surface area contributed by atoms with Crippen LogP contribution < -0.4 is 10.1 Å². The Morgan fingerprint density at radius 3 is 2.93 bits per heavy atom. The van der Waals surface area contributed by atoms with E-state index in [-0.39, 0.29) is 5.91 Å². The third-order valence-corrected chi connectivity index (χ3v) is 4.80. The van der Waals surface area contributed by atoms with Crippen molar-refractivity contribution in [2.75, 3.05) is 6.54 Å². The van der Waals surface area contributed by atoms with Crippen LogP contribution in [0.25, 0.3) is 10.9 Å². The first-order valence-electron chi connectivity index (χ1n) is 9.36. The van der Waals surface area contributed by atoms with Crippen LogP contribution in [0.5, 0.6) is 5.88 Å². The van der Waals surface area contributed by atoms with Crippen molar-refractivity contribution in [2.45, 2.75) is 45.8 Å². The molecule has 7 nitrogen and oxygen atoms in total. The number of carbonyl (C=O) groups is 1. The summed E-state index contributed by atoms with van der Waals surface area (Å²) in [4.78, 5) is 20.9. The Balaban J connectivity index is 1.55. The van der Waals surface area contributed by atoms with Gasteiger partial charge in [0.05, 0.1) is 17.4 Å². The number of rotatable bonds is 6. The number of ether oxygens (including phenoxy) is 1. The van der Waals surface area contributed by atoms with Crippen molar-refractivity contribution >= 4 is 16.8 Å². The molecular weight excluding hydrogens is 342 g/mol. The topological polar surface area (TPSA) is 81.9 Å². The van der Waals surface area contributed by atoms with Crippen molar-refractivity contribution < 1.29 is 9.53 Å². The van der Waals surface area contributed by atoms with Crippen molar-refractivity contribution in [3.63, 3.8) is 0 Å². The first-order valence-corrected chi connectivity index (χ1v) is 9.36. The van der Waals surface area contributed by atoms with Crippen molar-refractivity contribution in [3.05, 3.63) is 47.5 Å². The second-order valence-electron chi connectivity index (χ2n) is 6.91. The molecule has 27 heavy (non-hydrogen) atoms. The van der Waals surface area contributed by atoms with Crippen molar-refractivity contribution in [2.24, 2.45) is 0 Å². The number of aryl methyl sites for hydroxylation is 1. The lowest BCUT2D eigenvalue weighted by Crippen LogP contribution is -2.25. The summed E-state index contributed by atoms with van der Waals surface area (Å²) in [5, 5.41) is 8.11. The van der Waals surface area contributed by atoms with E-state index in [1.54, 1.807) is 6.20 Å². The zero-order chi connectivity index (χ0) is 18.8. The second kappa shape index (κ2) is 7.34. The van der Waals surface area contributed by atoms with E-state index in [9.17, 15) is 4.79 Å². The molecule has 0 aromatic carbocycles. The average molecular weight is 365 g/mol. The first kappa shape index (κ1) is 17.5. The molecule has 0 aliphatic heterocycles. The van der Waals surface area contributed by atoms with Crippen molar-refractivity contribution in [1.82, 2.24) is 25.1 Å². The van der Waals surface area contributed by atoms with E-state index in [2.05, 4.69) is 26.4 Å². The molecule has 0 saturated heterocycles. The van der Waals surface area contributed by atoms with Crippen LogP contribution in [0.4, 0.5) is 0 Å². The predicted octanol–water partition coefficient (Wildman–Crippen LogP) is 2.86. The lowest BCUT2D eigenvalue weighted by molar-refractivity contribution is 0.0952. The molecule has 0 spiro atoms. The molecule has 4 rings (SSSR count). The van der Waals surface area contributed by atoms with Gasteiger partial charge in [0, 0.05) is 30.7 Å². The van der Waals surface area contributed by atoms with Gasteiger partial charge in [0.2, 0.25) is 5.88 Å². The zero-order valence-corrected chi connectivity index (χ0v) is 15.6. The Morgan fingerprint density at radius 2 is 2.22 bits per heavy atom. The van der Waals surface area contributed by atoms with Crippen LogP contribution >= 0.6 is 0 Å². The Bertz CT molecular complexity index is 978. The maximum absolute atomic E-state index is 12.2. The van der Waals surface area contributed by atoms with E-state index in [4.69, 9.17) is 4.74 Å². The van der Waals surface area contributed by atoms with Crippen LogP contribution in [-0.2, 0) is 6.54 Å². The van der Waals surface area contributed by atoms with E-state index >= 15 is 0 Å². The van der Waals surface area contributed by atoms with Gasteiger partial charge in [-0.3, -0.25) is 14.5 Å². The molecule has 1 N–H and O–H groups in total. The van der Waals surface area contributed by atoms with E-state index in [1.165, 1.54) is 6.42 Å². The van der Waals surface area contributed by atoms with Crippen molar-refractivity contribution in [3.8, 4) is 5.88 Å². The highest BCUT2D eigenvalue weighted by molar-refractivity contribution is 6.04. The molecule has 1 amide bonds. The molecule has 1 fully saturated rings. The second-order valence-corrected chi connectivity index (χ2v) is 6.91. The third kappa shape index (κ3) is 3.63. The zero-order valence-electron chi connectivity index (χ0n) is 15.6. The van der Waals surface area contributed by atoms with E-state index in [0.717, 1.165) is 40.8 Å².